The topological polar surface area (TPSA) is 68.0 Å². The lowest BCUT2D eigenvalue weighted by Crippen LogP contribution is -2.23. The molecule has 0 saturated carbocycles. The van der Waals surface area contributed by atoms with Gasteiger partial charge < -0.3 is 9.84 Å². The third-order valence-electron chi connectivity index (χ3n) is 2.88. The van der Waals surface area contributed by atoms with Gasteiger partial charge in [-0.05, 0) is 19.1 Å². The van der Waals surface area contributed by atoms with Crippen molar-refractivity contribution in [1.82, 2.24) is 4.40 Å². The highest BCUT2D eigenvalue weighted by atomic mass is 16.5. The van der Waals surface area contributed by atoms with Crippen molar-refractivity contribution in [3.8, 4) is 18.2 Å². The Hall–Kier alpha value is -2.74. The summed E-state index contributed by atoms with van der Waals surface area (Å²) in [6, 6.07) is 5.05. The summed E-state index contributed by atoms with van der Waals surface area (Å²) in [5.41, 5.74) is -0.221. The first-order valence-corrected chi connectivity index (χ1v) is 6.07. The van der Waals surface area contributed by atoms with Crippen LogP contribution in [0.5, 0.6) is 5.88 Å². The summed E-state index contributed by atoms with van der Waals surface area (Å²) in [6.07, 6.45) is 6.88. The summed E-state index contributed by atoms with van der Waals surface area (Å²) in [4.78, 5) is 24.2. The average Bonchev–Trinajstić information content (AvgIpc) is 2.44. The fourth-order valence-electron chi connectivity index (χ4n) is 2.02. The Morgan fingerprint density at radius 3 is 2.90 bits per heavy atom. The van der Waals surface area contributed by atoms with Gasteiger partial charge in [0.05, 0.1) is 12.1 Å². The number of carbonyl (C=O) groups excluding carboxylic acids is 1. The van der Waals surface area contributed by atoms with Gasteiger partial charge in [0, 0.05) is 18.2 Å². The maximum atomic E-state index is 12.3. The molecule has 0 spiro atoms. The molecule has 0 radical (unpaired) electrons. The van der Waals surface area contributed by atoms with Crippen LogP contribution in [0, 0.1) is 12.3 Å². The van der Waals surface area contributed by atoms with Gasteiger partial charge in [0.15, 0.2) is 5.56 Å². The summed E-state index contributed by atoms with van der Waals surface area (Å²) >= 11 is 0. The second-order valence-electron chi connectivity index (χ2n) is 4.06. The van der Waals surface area contributed by atoms with Gasteiger partial charge in [-0.25, -0.2) is 4.79 Å². The molecule has 0 amide bonds. The number of terminal acetylenes is 1. The molecule has 0 saturated heterocycles. The Morgan fingerprint density at radius 2 is 2.25 bits per heavy atom. The van der Waals surface area contributed by atoms with E-state index in [-0.39, 0.29) is 24.2 Å². The second kappa shape index (κ2) is 5.49. The van der Waals surface area contributed by atoms with E-state index in [2.05, 4.69) is 5.92 Å². The van der Waals surface area contributed by atoms with Crippen molar-refractivity contribution in [3.05, 3.63) is 45.7 Å². The first kappa shape index (κ1) is 13.7. The molecule has 0 unspecified atom stereocenters. The van der Waals surface area contributed by atoms with Crippen LogP contribution in [0.3, 0.4) is 0 Å². The normalized spacial score (nSPS) is 10.2. The van der Waals surface area contributed by atoms with E-state index in [9.17, 15) is 14.7 Å². The SMILES string of the molecule is C#CCc1c(=O)c(C(=O)OCC)c(O)n2ccccc12. The van der Waals surface area contributed by atoms with Crippen LogP contribution >= 0.6 is 0 Å². The van der Waals surface area contributed by atoms with Crippen molar-refractivity contribution >= 4 is 11.5 Å². The Balaban J connectivity index is 2.86. The van der Waals surface area contributed by atoms with E-state index in [1.165, 1.54) is 4.40 Å². The van der Waals surface area contributed by atoms with Gasteiger partial charge in [0.2, 0.25) is 11.3 Å². The van der Waals surface area contributed by atoms with Crippen molar-refractivity contribution < 1.29 is 14.6 Å². The highest BCUT2D eigenvalue weighted by Crippen LogP contribution is 2.20. The number of fused-ring (bicyclic) bond motifs is 1. The van der Waals surface area contributed by atoms with Crippen molar-refractivity contribution in [2.45, 2.75) is 13.3 Å². The zero-order valence-corrected chi connectivity index (χ0v) is 10.9. The first-order chi connectivity index (χ1) is 9.61. The lowest BCUT2D eigenvalue weighted by atomic mass is 10.1. The van der Waals surface area contributed by atoms with Gasteiger partial charge in [-0.2, -0.15) is 0 Å². The molecule has 0 atom stereocenters. The molecule has 20 heavy (non-hydrogen) atoms. The summed E-state index contributed by atoms with van der Waals surface area (Å²) in [6.45, 7) is 1.73. The minimum Gasteiger partial charge on any atom is -0.493 e. The Kier molecular flexibility index (Phi) is 3.76. The molecule has 102 valence electrons. The van der Waals surface area contributed by atoms with E-state index in [1.807, 2.05) is 0 Å². The molecule has 2 rings (SSSR count). The predicted molar refractivity (Wildman–Crippen MR) is 73.8 cm³/mol. The first-order valence-electron chi connectivity index (χ1n) is 6.07. The minimum atomic E-state index is -0.855. The molecular weight excluding hydrogens is 258 g/mol. The Labute approximate surface area is 115 Å². The number of nitrogens with zero attached hydrogens (tertiary/aromatic N) is 1. The molecule has 2 heterocycles. The molecule has 5 nitrogen and oxygen atoms in total. The van der Waals surface area contributed by atoms with Gasteiger partial charge in [0.1, 0.15) is 0 Å². The molecule has 2 aromatic rings. The van der Waals surface area contributed by atoms with E-state index in [4.69, 9.17) is 11.2 Å². The number of ether oxygens (including phenoxy) is 1. The molecule has 2 aromatic heterocycles. The van der Waals surface area contributed by atoms with Gasteiger partial charge >= 0.3 is 5.97 Å². The third kappa shape index (κ3) is 2.12. The van der Waals surface area contributed by atoms with Gasteiger partial charge in [-0.15, -0.1) is 12.3 Å². The van der Waals surface area contributed by atoms with Crippen LogP contribution in [0.2, 0.25) is 0 Å². The monoisotopic (exact) mass is 271 g/mol. The number of carbonyl (C=O) groups is 1. The van der Waals surface area contributed by atoms with Crippen molar-refractivity contribution in [2.24, 2.45) is 0 Å². The quantitative estimate of drug-likeness (QED) is 0.676. The Morgan fingerprint density at radius 1 is 1.50 bits per heavy atom. The van der Waals surface area contributed by atoms with Crippen molar-refractivity contribution in [1.29, 1.82) is 0 Å². The van der Waals surface area contributed by atoms with E-state index in [1.54, 1.807) is 31.3 Å². The standard InChI is InChI=1S/C15H13NO4/c1-3-7-10-11-8-5-6-9-16(11)14(18)12(13(10)17)15(19)20-4-2/h1,5-6,8-9,18H,4,7H2,2H3. The smallest absolute Gasteiger partial charge is 0.347 e. The van der Waals surface area contributed by atoms with Gasteiger partial charge in [0.25, 0.3) is 0 Å². The van der Waals surface area contributed by atoms with E-state index >= 15 is 0 Å². The molecule has 0 aliphatic rings. The third-order valence-corrected chi connectivity index (χ3v) is 2.88. The molecule has 5 heteroatoms. The number of aromatic nitrogens is 1. The van der Waals surface area contributed by atoms with E-state index in [0.717, 1.165) is 0 Å². The number of hydrogen-bond donors (Lipinski definition) is 1. The van der Waals surface area contributed by atoms with Crippen molar-refractivity contribution in [2.75, 3.05) is 6.61 Å². The number of esters is 1. The zero-order chi connectivity index (χ0) is 14.7. The molecular formula is C15H13NO4. The van der Waals surface area contributed by atoms with Gasteiger partial charge in [-0.3, -0.25) is 9.20 Å². The van der Waals surface area contributed by atoms with Crippen LogP contribution in [-0.4, -0.2) is 22.1 Å². The largest absolute Gasteiger partial charge is 0.493 e. The minimum absolute atomic E-state index is 0.0685. The van der Waals surface area contributed by atoms with Crippen LogP contribution in [0.15, 0.2) is 29.2 Å². The van der Waals surface area contributed by atoms with Crippen LogP contribution in [0.4, 0.5) is 0 Å². The Bertz CT molecular complexity index is 768. The van der Waals surface area contributed by atoms with E-state index < -0.39 is 17.3 Å². The fraction of sp³-hybridized carbons (Fsp3) is 0.200. The van der Waals surface area contributed by atoms with E-state index in [0.29, 0.717) is 5.52 Å². The number of aromatic hydroxyl groups is 1. The predicted octanol–water partition coefficient (Wildman–Crippen LogP) is 1.36. The lowest BCUT2D eigenvalue weighted by Gasteiger charge is -2.11. The van der Waals surface area contributed by atoms with Crippen molar-refractivity contribution in [3.63, 3.8) is 0 Å². The summed E-state index contributed by atoms with van der Waals surface area (Å²) in [5, 5.41) is 10.1. The summed E-state index contributed by atoms with van der Waals surface area (Å²) in [5.74, 6) is 1.09. The number of rotatable bonds is 3. The second-order valence-corrected chi connectivity index (χ2v) is 4.06. The molecule has 0 bridgehead atoms. The maximum Gasteiger partial charge on any atom is 0.347 e. The van der Waals surface area contributed by atoms with Crippen LogP contribution in [0.25, 0.3) is 5.52 Å². The number of hydrogen-bond acceptors (Lipinski definition) is 4. The maximum absolute atomic E-state index is 12.3. The molecule has 0 aliphatic carbocycles. The van der Waals surface area contributed by atoms with Gasteiger partial charge in [-0.1, -0.05) is 6.07 Å². The fourth-order valence-corrected chi connectivity index (χ4v) is 2.02. The summed E-state index contributed by atoms with van der Waals surface area (Å²) in [7, 11) is 0. The molecule has 0 aromatic carbocycles. The molecule has 1 N–H and O–H groups in total. The van der Waals surface area contributed by atoms with Crippen LogP contribution in [0.1, 0.15) is 22.8 Å². The average molecular weight is 271 g/mol. The lowest BCUT2D eigenvalue weighted by molar-refractivity contribution is 0.0520. The highest BCUT2D eigenvalue weighted by Gasteiger charge is 2.23. The number of pyridine rings is 2. The highest BCUT2D eigenvalue weighted by molar-refractivity contribution is 5.93. The molecule has 0 fully saturated rings. The molecule has 0 aliphatic heterocycles. The summed E-state index contributed by atoms with van der Waals surface area (Å²) < 4.78 is 6.16. The zero-order valence-electron chi connectivity index (χ0n) is 10.9. The van der Waals surface area contributed by atoms with Crippen LogP contribution in [-0.2, 0) is 11.2 Å². The van der Waals surface area contributed by atoms with Crippen LogP contribution < -0.4 is 5.43 Å².